The Balaban J connectivity index is 1.85. The highest BCUT2D eigenvalue weighted by Gasteiger charge is 2.24. The lowest BCUT2D eigenvalue weighted by atomic mass is 10.2. The fraction of sp³-hybridized carbons (Fsp3) is 0.636. The molecule has 3 rings (SSSR count). The molecule has 0 spiro atoms. The highest BCUT2D eigenvalue weighted by atomic mass is 35.5. The van der Waals surface area contributed by atoms with E-state index in [0.29, 0.717) is 29.2 Å². The molecule has 92 valence electrons. The van der Waals surface area contributed by atoms with Gasteiger partial charge in [0.2, 0.25) is 0 Å². The van der Waals surface area contributed by atoms with Gasteiger partial charge in [-0.15, -0.1) is 0 Å². The summed E-state index contributed by atoms with van der Waals surface area (Å²) < 4.78 is 1.53. The van der Waals surface area contributed by atoms with E-state index in [-0.39, 0.29) is 5.56 Å². The van der Waals surface area contributed by atoms with Crippen LogP contribution in [-0.4, -0.2) is 28.9 Å². The number of nitrogens with one attached hydrogen (secondary N) is 2. The van der Waals surface area contributed by atoms with Crippen molar-refractivity contribution >= 4 is 17.3 Å². The first-order valence-corrected chi connectivity index (χ1v) is 6.34. The zero-order chi connectivity index (χ0) is 11.8. The Morgan fingerprint density at radius 2 is 2.29 bits per heavy atom. The second-order valence-corrected chi connectivity index (χ2v) is 5.20. The van der Waals surface area contributed by atoms with Gasteiger partial charge in [0.05, 0.1) is 17.3 Å². The Kier molecular flexibility index (Phi) is 2.80. The second kappa shape index (κ2) is 4.31. The van der Waals surface area contributed by atoms with Crippen LogP contribution in [0, 0.1) is 5.92 Å². The van der Waals surface area contributed by atoms with Crippen molar-refractivity contribution in [3.05, 3.63) is 21.6 Å². The van der Waals surface area contributed by atoms with Crippen molar-refractivity contribution < 1.29 is 0 Å². The monoisotopic (exact) mass is 254 g/mol. The number of rotatable bonds is 4. The summed E-state index contributed by atoms with van der Waals surface area (Å²) in [6, 6.07) is 0.303. The summed E-state index contributed by atoms with van der Waals surface area (Å²) in [5, 5.41) is 10.8. The molecule has 1 aliphatic heterocycles. The molecular formula is C11H15ClN4O. The lowest BCUT2D eigenvalue weighted by Gasteiger charge is -2.29. The van der Waals surface area contributed by atoms with Gasteiger partial charge in [-0.1, -0.05) is 11.6 Å². The molecule has 6 heteroatoms. The van der Waals surface area contributed by atoms with Crippen molar-refractivity contribution in [1.82, 2.24) is 15.1 Å². The fourth-order valence-electron chi connectivity index (χ4n) is 1.87. The lowest BCUT2D eigenvalue weighted by molar-refractivity contribution is 0.469. The van der Waals surface area contributed by atoms with Crippen molar-refractivity contribution in [2.45, 2.75) is 25.4 Å². The predicted molar refractivity (Wildman–Crippen MR) is 66.5 cm³/mol. The highest BCUT2D eigenvalue weighted by Crippen LogP contribution is 2.30. The Morgan fingerprint density at radius 3 is 2.88 bits per heavy atom. The van der Waals surface area contributed by atoms with Gasteiger partial charge in [-0.2, -0.15) is 5.10 Å². The summed E-state index contributed by atoms with van der Waals surface area (Å²) in [5.41, 5.74) is 0.394. The summed E-state index contributed by atoms with van der Waals surface area (Å²) in [6.45, 7) is 2.47. The molecule has 2 heterocycles. The normalized spacial score (nSPS) is 20.1. The number of hydrogen-bond acceptors (Lipinski definition) is 4. The standard InChI is InChI=1S/C11H15ClN4O/c12-9-5-14-16(6-7-1-2-7)11(17)10(9)15-8-3-13-4-8/h5,7-8,13,15H,1-4,6H2. The third-order valence-corrected chi connectivity index (χ3v) is 3.54. The fourth-order valence-corrected chi connectivity index (χ4v) is 2.05. The van der Waals surface area contributed by atoms with E-state index in [0.717, 1.165) is 13.1 Å². The molecule has 0 radical (unpaired) electrons. The zero-order valence-corrected chi connectivity index (χ0v) is 10.2. The predicted octanol–water partition coefficient (Wildman–Crippen LogP) is 0.690. The minimum Gasteiger partial charge on any atom is -0.374 e. The molecule has 1 aliphatic carbocycles. The molecule has 0 aromatic carbocycles. The number of aromatic nitrogens is 2. The van der Waals surface area contributed by atoms with Crippen molar-refractivity contribution in [3.63, 3.8) is 0 Å². The maximum atomic E-state index is 12.2. The molecule has 17 heavy (non-hydrogen) atoms. The van der Waals surface area contributed by atoms with Crippen molar-refractivity contribution in [3.8, 4) is 0 Å². The number of nitrogens with zero attached hydrogens (tertiary/aromatic N) is 2. The average molecular weight is 255 g/mol. The molecule has 1 saturated carbocycles. The Morgan fingerprint density at radius 1 is 1.53 bits per heavy atom. The van der Waals surface area contributed by atoms with Crippen LogP contribution in [0.3, 0.4) is 0 Å². The van der Waals surface area contributed by atoms with Crippen molar-refractivity contribution in [1.29, 1.82) is 0 Å². The maximum Gasteiger partial charge on any atom is 0.291 e. The molecule has 2 fully saturated rings. The third kappa shape index (κ3) is 2.30. The summed E-state index contributed by atoms with van der Waals surface area (Å²) >= 11 is 6.02. The van der Waals surface area contributed by atoms with Gasteiger partial charge >= 0.3 is 0 Å². The first-order chi connectivity index (χ1) is 8.24. The smallest absolute Gasteiger partial charge is 0.291 e. The molecular weight excluding hydrogens is 240 g/mol. The molecule has 0 bridgehead atoms. The first kappa shape index (κ1) is 11.0. The minimum absolute atomic E-state index is 0.101. The van der Waals surface area contributed by atoms with Crippen LogP contribution in [0.4, 0.5) is 5.69 Å². The number of hydrogen-bond donors (Lipinski definition) is 2. The van der Waals surface area contributed by atoms with E-state index >= 15 is 0 Å². The molecule has 1 aromatic heterocycles. The molecule has 0 atom stereocenters. The summed E-state index contributed by atoms with van der Waals surface area (Å²) in [7, 11) is 0. The van der Waals surface area contributed by atoms with Gasteiger partial charge in [-0.25, -0.2) is 4.68 Å². The SMILES string of the molecule is O=c1c(NC2CNC2)c(Cl)cnn1CC1CC1. The van der Waals surface area contributed by atoms with Gasteiger partial charge in [-0.3, -0.25) is 4.79 Å². The molecule has 0 amide bonds. The topological polar surface area (TPSA) is 59.0 Å². The largest absolute Gasteiger partial charge is 0.374 e. The van der Waals surface area contributed by atoms with Crippen LogP contribution in [-0.2, 0) is 6.54 Å². The van der Waals surface area contributed by atoms with Crippen LogP contribution >= 0.6 is 11.6 Å². The van der Waals surface area contributed by atoms with Gasteiger partial charge in [0, 0.05) is 19.6 Å². The van der Waals surface area contributed by atoms with Crippen molar-refractivity contribution in [2.75, 3.05) is 18.4 Å². The number of halogens is 1. The van der Waals surface area contributed by atoms with Crippen LogP contribution in [0.2, 0.25) is 5.02 Å². The zero-order valence-electron chi connectivity index (χ0n) is 9.45. The van der Waals surface area contributed by atoms with E-state index in [1.165, 1.54) is 17.5 Å². The molecule has 1 saturated heterocycles. The van der Waals surface area contributed by atoms with Crippen LogP contribution in [0.25, 0.3) is 0 Å². The first-order valence-electron chi connectivity index (χ1n) is 5.97. The number of anilines is 1. The van der Waals surface area contributed by atoms with Crippen LogP contribution in [0.15, 0.2) is 11.0 Å². The van der Waals surface area contributed by atoms with Gasteiger partial charge in [0.15, 0.2) is 0 Å². The summed E-state index contributed by atoms with van der Waals surface area (Å²) in [6.07, 6.45) is 3.96. The molecule has 5 nitrogen and oxygen atoms in total. The van der Waals surface area contributed by atoms with Gasteiger partial charge in [0.1, 0.15) is 5.69 Å². The van der Waals surface area contributed by atoms with Crippen LogP contribution in [0.5, 0.6) is 0 Å². The van der Waals surface area contributed by atoms with E-state index < -0.39 is 0 Å². The molecule has 1 aromatic rings. The second-order valence-electron chi connectivity index (χ2n) is 4.80. The Bertz CT molecular complexity index is 479. The molecule has 2 aliphatic rings. The van der Waals surface area contributed by atoms with E-state index in [4.69, 9.17) is 11.6 Å². The van der Waals surface area contributed by atoms with Crippen LogP contribution < -0.4 is 16.2 Å². The van der Waals surface area contributed by atoms with Gasteiger partial charge < -0.3 is 10.6 Å². The van der Waals surface area contributed by atoms with E-state index in [9.17, 15) is 4.79 Å². The quantitative estimate of drug-likeness (QED) is 0.830. The van der Waals surface area contributed by atoms with Gasteiger partial charge in [-0.05, 0) is 18.8 Å². The summed E-state index contributed by atoms with van der Waals surface area (Å²) in [5.74, 6) is 0.625. The molecule has 0 unspecified atom stereocenters. The van der Waals surface area contributed by atoms with E-state index in [2.05, 4.69) is 15.7 Å². The Hall–Kier alpha value is -1.07. The van der Waals surface area contributed by atoms with E-state index in [1.807, 2.05) is 0 Å². The van der Waals surface area contributed by atoms with Gasteiger partial charge in [0.25, 0.3) is 5.56 Å². The Labute approximate surface area is 104 Å². The highest BCUT2D eigenvalue weighted by molar-refractivity contribution is 6.33. The third-order valence-electron chi connectivity index (χ3n) is 3.26. The van der Waals surface area contributed by atoms with Crippen molar-refractivity contribution in [2.24, 2.45) is 5.92 Å². The minimum atomic E-state index is -0.101. The van der Waals surface area contributed by atoms with Crippen LogP contribution in [0.1, 0.15) is 12.8 Å². The maximum absolute atomic E-state index is 12.2. The van der Waals surface area contributed by atoms with E-state index in [1.54, 1.807) is 6.20 Å². The lowest BCUT2D eigenvalue weighted by Crippen LogP contribution is -2.52. The molecule has 2 N–H and O–H groups in total. The summed E-state index contributed by atoms with van der Waals surface area (Å²) in [4.78, 5) is 12.2. The average Bonchev–Trinajstić information content (AvgIpc) is 3.03.